The molecule has 1 aromatic carbocycles. The normalized spacial score (nSPS) is 16.0. The van der Waals surface area contributed by atoms with E-state index >= 15 is 0 Å². The fourth-order valence-corrected chi connectivity index (χ4v) is 2.20. The first kappa shape index (κ1) is 14.3. The highest BCUT2D eigenvalue weighted by Gasteiger charge is 2.26. The molecule has 0 radical (unpaired) electrons. The van der Waals surface area contributed by atoms with Crippen LogP contribution < -0.4 is 5.32 Å². The molecule has 7 nitrogen and oxygen atoms in total. The van der Waals surface area contributed by atoms with Gasteiger partial charge in [-0.15, -0.1) is 0 Å². The van der Waals surface area contributed by atoms with Gasteiger partial charge < -0.3 is 15.1 Å². The number of hydrogen-bond acceptors (Lipinski definition) is 5. The van der Waals surface area contributed by atoms with E-state index in [1.807, 2.05) is 7.05 Å². The summed E-state index contributed by atoms with van der Waals surface area (Å²) >= 11 is 0. The second-order valence-electron chi connectivity index (χ2n) is 4.83. The zero-order chi connectivity index (χ0) is 14.7. The minimum absolute atomic E-state index is 0.145. The molecule has 0 atom stereocenters. The first-order valence-corrected chi connectivity index (χ1v) is 6.47. The Morgan fingerprint density at radius 2 is 1.95 bits per heavy atom. The molecule has 20 heavy (non-hydrogen) atoms. The van der Waals surface area contributed by atoms with Crippen molar-refractivity contribution >= 4 is 17.3 Å². The number of anilines is 1. The number of amides is 1. The second-order valence-corrected chi connectivity index (χ2v) is 4.83. The number of likely N-dealkylation sites (N-methyl/N-ethyl adjacent to an activating group) is 1. The number of benzene rings is 1. The van der Waals surface area contributed by atoms with Gasteiger partial charge >= 0.3 is 0 Å². The molecule has 108 valence electrons. The zero-order valence-corrected chi connectivity index (χ0v) is 11.6. The SMILES string of the molecule is CNc1ccc([N+](=O)[O-])c(C(=O)N2CCN(C)CC2)c1. The Balaban J connectivity index is 2.30. The van der Waals surface area contributed by atoms with Crippen molar-refractivity contribution in [1.82, 2.24) is 9.80 Å². The monoisotopic (exact) mass is 278 g/mol. The van der Waals surface area contributed by atoms with Crippen LogP contribution in [0.15, 0.2) is 18.2 Å². The third-order valence-electron chi connectivity index (χ3n) is 3.50. The van der Waals surface area contributed by atoms with Crippen LogP contribution in [0.5, 0.6) is 0 Å². The summed E-state index contributed by atoms with van der Waals surface area (Å²) in [7, 11) is 3.71. The number of piperazine rings is 1. The van der Waals surface area contributed by atoms with Gasteiger partial charge in [0.1, 0.15) is 5.56 Å². The molecule has 7 heteroatoms. The zero-order valence-electron chi connectivity index (χ0n) is 11.6. The molecule has 1 aliphatic rings. The molecule has 0 aromatic heterocycles. The van der Waals surface area contributed by atoms with Crippen molar-refractivity contribution in [3.8, 4) is 0 Å². The molecule has 0 unspecified atom stereocenters. The molecular weight excluding hydrogens is 260 g/mol. The van der Waals surface area contributed by atoms with Crippen LogP contribution in [0.3, 0.4) is 0 Å². The van der Waals surface area contributed by atoms with Crippen LogP contribution in [0, 0.1) is 10.1 Å². The average molecular weight is 278 g/mol. The lowest BCUT2D eigenvalue weighted by Crippen LogP contribution is -2.47. The highest BCUT2D eigenvalue weighted by molar-refractivity contribution is 5.99. The number of nitrogens with zero attached hydrogens (tertiary/aromatic N) is 3. The summed E-state index contributed by atoms with van der Waals surface area (Å²) in [6.07, 6.45) is 0. The Kier molecular flexibility index (Phi) is 4.19. The summed E-state index contributed by atoms with van der Waals surface area (Å²) in [5.41, 5.74) is 0.687. The van der Waals surface area contributed by atoms with Gasteiger partial charge in [-0.1, -0.05) is 0 Å². The predicted octanol–water partition coefficient (Wildman–Crippen LogP) is 1.02. The average Bonchev–Trinajstić information content (AvgIpc) is 2.46. The van der Waals surface area contributed by atoms with E-state index in [0.717, 1.165) is 13.1 Å². The molecule has 1 amide bonds. The number of rotatable bonds is 3. The van der Waals surface area contributed by atoms with Gasteiger partial charge in [0, 0.05) is 45.0 Å². The Bertz CT molecular complexity index is 524. The van der Waals surface area contributed by atoms with Crippen molar-refractivity contribution in [3.63, 3.8) is 0 Å². The van der Waals surface area contributed by atoms with E-state index in [9.17, 15) is 14.9 Å². The summed E-state index contributed by atoms with van der Waals surface area (Å²) in [4.78, 5) is 26.8. The predicted molar refractivity (Wildman–Crippen MR) is 76.0 cm³/mol. The van der Waals surface area contributed by atoms with Gasteiger partial charge in [-0.3, -0.25) is 14.9 Å². The minimum atomic E-state index is -0.511. The molecule has 0 saturated carbocycles. The molecule has 0 bridgehead atoms. The van der Waals surface area contributed by atoms with Crippen molar-refractivity contribution < 1.29 is 9.72 Å². The molecule has 1 fully saturated rings. The maximum atomic E-state index is 12.5. The Morgan fingerprint density at radius 3 is 2.50 bits per heavy atom. The number of carbonyl (C=O) groups excluding carboxylic acids is 1. The van der Waals surface area contributed by atoms with Gasteiger partial charge in [0.15, 0.2) is 0 Å². The molecule has 0 spiro atoms. The van der Waals surface area contributed by atoms with Gasteiger partial charge in [0.2, 0.25) is 0 Å². The van der Waals surface area contributed by atoms with Crippen molar-refractivity contribution in [2.24, 2.45) is 0 Å². The van der Waals surface area contributed by atoms with E-state index in [0.29, 0.717) is 18.8 Å². The maximum absolute atomic E-state index is 12.5. The van der Waals surface area contributed by atoms with Crippen LogP contribution in [0.1, 0.15) is 10.4 Å². The first-order chi connectivity index (χ1) is 9.52. The third-order valence-corrected chi connectivity index (χ3v) is 3.50. The largest absolute Gasteiger partial charge is 0.388 e. The molecule has 1 saturated heterocycles. The molecule has 1 aliphatic heterocycles. The Morgan fingerprint density at radius 1 is 1.30 bits per heavy atom. The molecule has 1 aromatic rings. The van der Waals surface area contributed by atoms with E-state index in [2.05, 4.69) is 10.2 Å². The molecule has 1 heterocycles. The topological polar surface area (TPSA) is 78.7 Å². The van der Waals surface area contributed by atoms with Gasteiger partial charge in [-0.2, -0.15) is 0 Å². The fourth-order valence-electron chi connectivity index (χ4n) is 2.20. The third kappa shape index (κ3) is 2.88. The van der Waals surface area contributed by atoms with Crippen LogP contribution in [-0.4, -0.2) is 60.9 Å². The summed E-state index contributed by atoms with van der Waals surface area (Å²) in [6, 6.07) is 4.51. The lowest BCUT2D eigenvalue weighted by Gasteiger charge is -2.32. The fraction of sp³-hybridized carbons (Fsp3) is 0.462. The lowest BCUT2D eigenvalue weighted by atomic mass is 10.1. The van der Waals surface area contributed by atoms with Crippen molar-refractivity contribution in [1.29, 1.82) is 0 Å². The molecule has 2 rings (SSSR count). The molecule has 0 aliphatic carbocycles. The maximum Gasteiger partial charge on any atom is 0.282 e. The summed E-state index contributed by atoms with van der Waals surface area (Å²) in [5.74, 6) is -0.276. The minimum Gasteiger partial charge on any atom is -0.388 e. The molecule has 1 N–H and O–H groups in total. The standard InChI is InChI=1S/C13H18N4O3/c1-14-10-3-4-12(17(19)20)11(9-10)13(18)16-7-5-15(2)6-8-16/h3-4,9,14H,5-8H2,1-2H3. The summed E-state index contributed by atoms with van der Waals surface area (Å²) in [5, 5.41) is 14.0. The van der Waals surface area contributed by atoms with E-state index in [1.54, 1.807) is 24.1 Å². The van der Waals surface area contributed by atoms with Crippen molar-refractivity contribution in [2.75, 3.05) is 45.6 Å². The highest BCUT2D eigenvalue weighted by Crippen LogP contribution is 2.24. The van der Waals surface area contributed by atoms with Crippen LogP contribution in [0.25, 0.3) is 0 Å². The summed E-state index contributed by atoms with van der Waals surface area (Å²) in [6.45, 7) is 2.75. The number of hydrogen-bond donors (Lipinski definition) is 1. The molecular formula is C13H18N4O3. The number of nitro benzene ring substituents is 1. The van der Waals surface area contributed by atoms with Crippen LogP contribution in [-0.2, 0) is 0 Å². The van der Waals surface area contributed by atoms with E-state index < -0.39 is 4.92 Å². The summed E-state index contributed by atoms with van der Waals surface area (Å²) < 4.78 is 0. The van der Waals surface area contributed by atoms with Crippen LogP contribution >= 0.6 is 0 Å². The van der Waals surface area contributed by atoms with Gasteiger partial charge in [0.05, 0.1) is 4.92 Å². The Hall–Kier alpha value is -2.15. The number of carbonyl (C=O) groups is 1. The number of nitro groups is 1. The quantitative estimate of drug-likeness (QED) is 0.660. The van der Waals surface area contributed by atoms with E-state index in [4.69, 9.17) is 0 Å². The van der Waals surface area contributed by atoms with Crippen LogP contribution in [0.4, 0.5) is 11.4 Å². The second kappa shape index (κ2) is 5.87. The van der Waals surface area contributed by atoms with Gasteiger partial charge in [0.25, 0.3) is 11.6 Å². The van der Waals surface area contributed by atoms with Crippen molar-refractivity contribution in [2.45, 2.75) is 0 Å². The Labute approximate surface area is 117 Å². The highest BCUT2D eigenvalue weighted by atomic mass is 16.6. The van der Waals surface area contributed by atoms with E-state index in [-0.39, 0.29) is 17.2 Å². The lowest BCUT2D eigenvalue weighted by molar-refractivity contribution is -0.385. The van der Waals surface area contributed by atoms with Crippen LogP contribution in [0.2, 0.25) is 0 Å². The van der Waals surface area contributed by atoms with E-state index in [1.165, 1.54) is 6.07 Å². The van der Waals surface area contributed by atoms with Gasteiger partial charge in [-0.25, -0.2) is 0 Å². The first-order valence-electron chi connectivity index (χ1n) is 6.47. The van der Waals surface area contributed by atoms with Crippen molar-refractivity contribution in [3.05, 3.63) is 33.9 Å². The number of nitrogens with one attached hydrogen (secondary N) is 1. The van der Waals surface area contributed by atoms with Gasteiger partial charge in [-0.05, 0) is 19.2 Å². The smallest absolute Gasteiger partial charge is 0.282 e.